The van der Waals surface area contributed by atoms with Crippen molar-refractivity contribution in [3.05, 3.63) is 46.8 Å². The number of benzene rings is 1. The number of Topliss-reactive ketones (excluding diaryl/α,β-unsaturated/α-hetero) is 1. The third-order valence-electron chi connectivity index (χ3n) is 3.68. The van der Waals surface area contributed by atoms with Gasteiger partial charge in [-0.3, -0.25) is 9.59 Å². The molecule has 6 nitrogen and oxygen atoms in total. The number of aryl methyl sites for hydroxylation is 2. The van der Waals surface area contributed by atoms with Gasteiger partial charge in [0, 0.05) is 28.9 Å². The maximum atomic E-state index is 12.7. The zero-order valence-electron chi connectivity index (χ0n) is 15.3. The molecule has 2 N–H and O–H groups in total. The maximum Gasteiger partial charge on any atom is 0.340 e. The van der Waals surface area contributed by atoms with Gasteiger partial charge in [-0.05, 0) is 45.0 Å². The minimum absolute atomic E-state index is 0.133. The molecule has 0 atom stereocenters. The van der Waals surface area contributed by atoms with Crippen molar-refractivity contribution in [2.75, 3.05) is 17.7 Å². The molecule has 0 unspecified atom stereocenters. The van der Waals surface area contributed by atoms with Crippen molar-refractivity contribution < 1.29 is 19.1 Å². The van der Waals surface area contributed by atoms with Gasteiger partial charge in [-0.2, -0.15) is 0 Å². The third-order valence-corrected chi connectivity index (χ3v) is 4.69. The number of hydrogen-bond donors (Lipinski definition) is 2. The molecule has 2 rings (SSSR count). The van der Waals surface area contributed by atoms with Crippen LogP contribution in [0.15, 0.2) is 29.2 Å². The van der Waals surface area contributed by atoms with Crippen molar-refractivity contribution in [1.29, 1.82) is 0 Å². The molecule has 0 aliphatic heterocycles. The zero-order chi connectivity index (χ0) is 19.3. The molecule has 0 saturated carbocycles. The van der Waals surface area contributed by atoms with Crippen molar-refractivity contribution in [1.82, 2.24) is 4.98 Å². The molecule has 1 amide bonds. The van der Waals surface area contributed by atoms with Crippen LogP contribution in [-0.2, 0) is 9.53 Å². The number of thioether (sulfide) groups is 1. The number of aromatic nitrogens is 1. The lowest BCUT2D eigenvalue weighted by atomic mass is 10.1. The van der Waals surface area contributed by atoms with Gasteiger partial charge in [-0.15, -0.1) is 11.8 Å². The van der Waals surface area contributed by atoms with Gasteiger partial charge in [-0.1, -0.05) is 0 Å². The second kappa shape index (κ2) is 8.71. The first-order chi connectivity index (χ1) is 12.3. The predicted octanol–water partition coefficient (Wildman–Crippen LogP) is 3.74. The summed E-state index contributed by atoms with van der Waals surface area (Å²) in [6.07, 6.45) is 0. The van der Waals surface area contributed by atoms with Crippen LogP contribution < -0.4 is 5.32 Å². The van der Waals surface area contributed by atoms with E-state index < -0.39 is 5.97 Å². The maximum absolute atomic E-state index is 12.7. The predicted molar refractivity (Wildman–Crippen MR) is 102 cm³/mol. The Kier molecular flexibility index (Phi) is 6.63. The number of aromatic amines is 1. The standard InChI is InChI=1S/C19H22N2O4S/c1-5-25-19(24)18-12(3)20-11(2)17(18)16(23)10-26-15-8-6-14(7-9-15)21-13(4)22/h6-9,20H,5,10H2,1-4H3,(H,21,22). The Morgan fingerprint density at radius 3 is 2.27 bits per heavy atom. The number of nitrogens with one attached hydrogen (secondary N) is 2. The molecule has 1 aromatic carbocycles. The summed E-state index contributed by atoms with van der Waals surface area (Å²) in [5.41, 5.74) is 2.71. The lowest BCUT2D eigenvalue weighted by molar-refractivity contribution is -0.114. The minimum Gasteiger partial charge on any atom is -0.462 e. The second-order valence-electron chi connectivity index (χ2n) is 5.76. The van der Waals surface area contributed by atoms with Crippen LogP contribution in [0.3, 0.4) is 0 Å². The number of rotatable bonds is 7. The molecule has 138 valence electrons. The van der Waals surface area contributed by atoms with Crippen LogP contribution in [0.4, 0.5) is 5.69 Å². The van der Waals surface area contributed by atoms with Crippen molar-refractivity contribution in [2.45, 2.75) is 32.6 Å². The number of carbonyl (C=O) groups is 3. The summed E-state index contributed by atoms with van der Waals surface area (Å²) in [6, 6.07) is 7.24. The van der Waals surface area contributed by atoms with Crippen LogP contribution >= 0.6 is 11.8 Å². The highest BCUT2D eigenvalue weighted by atomic mass is 32.2. The lowest BCUT2D eigenvalue weighted by Gasteiger charge is -2.07. The van der Waals surface area contributed by atoms with E-state index in [0.29, 0.717) is 28.2 Å². The molecule has 0 saturated heterocycles. The summed E-state index contributed by atoms with van der Waals surface area (Å²) in [4.78, 5) is 39.8. The van der Waals surface area contributed by atoms with Crippen molar-refractivity contribution in [2.24, 2.45) is 0 Å². The molecule has 0 aliphatic carbocycles. The van der Waals surface area contributed by atoms with Crippen LogP contribution in [0.2, 0.25) is 0 Å². The van der Waals surface area contributed by atoms with E-state index in [0.717, 1.165) is 4.90 Å². The van der Waals surface area contributed by atoms with E-state index in [1.54, 1.807) is 32.9 Å². The van der Waals surface area contributed by atoms with Gasteiger partial charge >= 0.3 is 5.97 Å². The summed E-state index contributed by atoms with van der Waals surface area (Å²) in [6.45, 7) is 6.96. The largest absolute Gasteiger partial charge is 0.462 e. The van der Waals surface area contributed by atoms with Gasteiger partial charge in [0.25, 0.3) is 0 Å². The summed E-state index contributed by atoms with van der Waals surface area (Å²) >= 11 is 1.37. The molecule has 0 spiro atoms. The molecule has 2 aromatic rings. The highest BCUT2D eigenvalue weighted by Gasteiger charge is 2.25. The average molecular weight is 374 g/mol. The molecule has 7 heteroatoms. The Labute approximate surface area is 156 Å². The number of carbonyl (C=O) groups excluding carboxylic acids is 3. The molecule has 1 aromatic heterocycles. The Balaban J connectivity index is 2.11. The van der Waals surface area contributed by atoms with Gasteiger partial charge in [0.2, 0.25) is 5.91 Å². The summed E-state index contributed by atoms with van der Waals surface area (Å²) in [5, 5.41) is 2.69. The van der Waals surface area contributed by atoms with E-state index in [4.69, 9.17) is 4.74 Å². The van der Waals surface area contributed by atoms with Crippen molar-refractivity contribution in [3.63, 3.8) is 0 Å². The number of hydrogen-bond acceptors (Lipinski definition) is 5. The summed E-state index contributed by atoms with van der Waals surface area (Å²) in [7, 11) is 0. The molecule has 0 aliphatic rings. The van der Waals surface area contributed by atoms with Crippen LogP contribution in [-0.4, -0.2) is 35.0 Å². The van der Waals surface area contributed by atoms with E-state index in [1.807, 2.05) is 12.1 Å². The normalized spacial score (nSPS) is 10.5. The highest BCUT2D eigenvalue weighted by molar-refractivity contribution is 8.00. The SMILES string of the molecule is CCOC(=O)c1c(C)[nH]c(C)c1C(=O)CSc1ccc(NC(C)=O)cc1. The Morgan fingerprint density at radius 2 is 1.69 bits per heavy atom. The first-order valence-corrected chi connectivity index (χ1v) is 9.22. The van der Waals surface area contributed by atoms with Gasteiger partial charge in [0.15, 0.2) is 5.78 Å². The molecule has 26 heavy (non-hydrogen) atoms. The fourth-order valence-electron chi connectivity index (χ4n) is 2.65. The van der Waals surface area contributed by atoms with E-state index >= 15 is 0 Å². The van der Waals surface area contributed by atoms with Crippen LogP contribution in [0, 0.1) is 13.8 Å². The molecule has 0 radical (unpaired) electrons. The fraction of sp³-hybridized carbons (Fsp3) is 0.316. The summed E-state index contributed by atoms with van der Waals surface area (Å²) < 4.78 is 5.07. The Hall–Kier alpha value is -2.54. The molecular formula is C19H22N2O4S. The van der Waals surface area contributed by atoms with Crippen molar-refractivity contribution >= 4 is 35.1 Å². The number of ketones is 1. The number of anilines is 1. The molecular weight excluding hydrogens is 352 g/mol. The van der Waals surface area contributed by atoms with E-state index in [2.05, 4.69) is 10.3 Å². The van der Waals surface area contributed by atoms with Gasteiger partial charge in [0.05, 0.1) is 23.5 Å². The molecule has 1 heterocycles. The fourth-order valence-corrected chi connectivity index (χ4v) is 3.42. The average Bonchev–Trinajstić information content (AvgIpc) is 2.88. The third kappa shape index (κ3) is 4.76. The van der Waals surface area contributed by atoms with E-state index in [9.17, 15) is 14.4 Å². The number of amides is 1. The molecule has 0 fully saturated rings. The number of H-pyrrole nitrogens is 1. The van der Waals surface area contributed by atoms with Gasteiger partial charge in [0.1, 0.15) is 0 Å². The molecule has 0 bridgehead atoms. The first kappa shape index (κ1) is 19.8. The van der Waals surface area contributed by atoms with E-state index in [1.165, 1.54) is 18.7 Å². The van der Waals surface area contributed by atoms with Crippen LogP contribution in [0.1, 0.15) is 46.0 Å². The van der Waals surface area contributed by atoms with Crippen LogP contribution in [0.25, 0.3) is 0 Å². The number of esters is 1. The van der Waals surface area contributed by atoms with E-state index in [-0.39, 0.29) is 24.1 Å². The van der Waals surface area contributed by atoms with Gasteiger partial charge < -0.3 is 15.0 Å². The monoisotopic (exact) mass is 374 g/mol. The van der Waals surface area contributed by atoms with Gasteiger partial charge in [-0.25, -0.2) is 4.79 Å². The second-order valence-corrected chi connectivity index (χ2v) is 6.81. The lowest BCUT2D eigenvalue weighted by Crippen LogP contribution is -2.13. The van der Waals surface area contributed by atoms with Crippen LogP contribution in [0.5, 0.6) is 0 Å². The topological polar surface area (TPSA) is 88.3 Å². The minimum atomic E-state index is -0.484. The number of ether oxygens (including phenoxy) is 1. The summed E-state index contributed by atoms with van der Waals surface area (Å²) in [5.74, 6) is -0.553. The highest BCUT2D eigenvalue weighted by Crippen LogP contribution is 2.25. The smallest absolute Gasteiger partial charge is 0.340 e. The quantitative estimate of drug-likeness (QED) is 0.438. The Bertz CT molecular complexity index is 825. The first-order valence-electron chi connectivity index (χ1n) is 8.23. The van der Waals surface area contributed by atoms with Crippen molar-refractivity contribution in [3.8, 4) is 0 Å². The Morgan fingerprint density at radius 1 is 1.08 bits per heavy atom. The zero-order valence-corrected chi connectivity index (χ0v) is 16.1.